The van der Waals surface area contributed by atoms with Gasteiger partial charge >= 0.3 is 0 Å². The van der Waals surface area contributed by atoms with Crippen molar-refractivity contribution in [2.24, 2.45) is 5.92 Å². The van der Waals surface area contributed by atoms with E-state index in [1.807, 2.05) is 0 Å². The molecule has 1 aliphatic heterocycles. The number of amides is 2. The van der Waals surface area contributed by atoms with E-state index in [-0.39, 0.29) is 34.5 Å². The molecule has 2 N–H and O–H groups in total. The molecule has 0 unspecified atom stereocenters. The normalized spacial score (nSPS) is 15.0. The highest BCUT2D eigenvalue weighted by atomic mass is 32.2. The van der Waals surface area contributed by atoms with Gasteiger partial charge < -0.3 is 10.2 Å². The highest BCUT2D eigenvalue weighted by Crippen LogP contribution is 2.21. The molecule has 178 valence electrons. The highest BCUT2D eigenvalue weighted by molar-refractivity contribution is 7.89. The van der Waals surface area contributed by atoms with E-state index in [9.17, 15) is 22.4 Å². The summed E-state index contributed by atoms with van der Waals surface area (Å²) in [5.41, 5.74) is 0.862. The van der Waals surface area contributed by atoms with E-state index in [0.717, 1.165) is 0 Å². The van der Waals surface area contributed by atoms with Gasteiger partial charge in [-0.15, -0.1) is 0 Å². The number of sulfonamides is 1. The van der Waals surface area contributed by atoms with Crippen molar-refractivity contribution in [3.05, 3.63) is 65.5 Å². The lowest BCUT2D eigenvalue weighted by atomic mass is 9.95. The molecule has 9 heteroatoms. The molecule has 0 aliphatic carbocycles. The molecule has 1 fully saturated rings. The Morgan fingerprint density at radius 2 is 1.79 bits per heavy atom. The quantitative estimate of drug-likeness (QED) is 0.614. The Morgan fingerprint density at radius 3 is 2.45 bits per heavy atom. The molecule has 1 saturated heterocycles. The van der Waals surface area contributed by atoms with Crippen LogP contribution >= 0.6 is 0 Å². The van der Waals surface area contributed by atoms with E-state index in [2.05, 4.69) is 10.0 Å². The van der Waals surface area contributed by atoms with Crippen molar-refractivity contribution in [1.29, 1.82) is 0 Å². The van der Waals surface area contributed by atoms with Crippen LogP contribution in [-0.2, 0) is 21.2 Å². The average Bonchev–Trinajstić information content (AvgIpc) is 2.79. The summed E-state index contributed by atoms with van der Waals surface area (Å²) in [6.45, 7) is 4.63. The van der Waals surface area contributed by atoms with Gasteiger partial charge in [0.1, 0.15) is 5.82 Å². The molecule has 33 heavy (non-hydrogen) atoms. The number of piperidine rings is 1. The third-order valence-electron chi connectivity index (χ3n) is 5.59. The zero-order chi connectivity index (χ0) is 24.0. The number of likely N-dealkylation sites (tertiary alicyclic amines) is 1. The van der Waals surface area contributed by atoms with Crippen LogP contribution in [0.1, 0.15) is 42.6 Å². The first kappa shape index (κ1) is 24.9. The monoisotopic (exact) mass is 475 g/mol. The first-order valence-corrected chi connectivity index (χ1v) is 12.6. The third-order valence-corrected chi connectivity index (χ3v) is 7.24. The smallest absolute Gasteiger partial charge is 0.253 e. The van der Waals surface area contributed by atoms with Gasteiger partial charge in [-0.1, -0.05) is 24.3 Å². The van der Waals surface area contributed by atoms with Crippen molar-refractivity contribution in [1.82, 2.24) is 14.9 Å². The average molecular weight is 476 g/mol. The van der Waals surface area contributed by atoms with E-state index >= 15 is 0 Å². The molecule has 2 aromatic carbocycles. The van der Waals surface area contributed by atoms with Gasteiger partial charge in [-0.05, 0) is 62.9 Å². The van der Waals surface area contributed by atoms with Crippen LogP contribution < -0.4 is 10.0 Å². The topological polar surface area (TPSA) is 95.6 Å². The van der Waals surface area contributed by atoms with Gasteiger partial charge in [0, 0.05) is 37.2 Å². The molecule has 1 heterocycles. The van der Waals surface area contributed by atoms with Crippen molar-refractivity contribution in [2.75, 3.05) is 19.6 Å². The van der Waals surface area contributed by atoms with E-state index in [1.54, 1.807) is 49.1 Å². The fraction of sp³-hybridized carbons (Fsp3) is 0.417. The summed E-state index contributed by atoms with van der Waals surface area (Å²) in [6, 6.07) is 12.2. The van der Waals surface area contributed by atoms with Crippen LogP contribution in [0.25, 0.3) is 0 Å². The third kappa shape index (κ3) is 6.61. The number of hydrogen-bond acceptors (Lipinski definition) is 4. The summed E-state index contributed by atoms with van der Waals surface area (Å²) in [7, 11) is -3.70. The predicted molar refractivity (Wildman–Crippen MR) is 124 cm³/mol. The van der Waals surface area contributed by atoms with Crippen LogP contribution in [0.3, 0.4) is 0 Å². The summed E-state index contributed by atoms with van der Waals surface area (Å²) in [5.74, 6) is -0.839. The Balaban J connectivity index is 1.52. The van der Waals surface area contributed by atoms with Gasteiger partial charge in [-0.2, -0.15) is 0 Å². The van der Waals surface area contributed by atoms with Gasteiger partial charge in [0.2, 0.25) is 15.9 Å². The second-order valence-corrected chi connectivity index (χ2v) is 10.2. The number of carbonyl (C=O) groups excluding carboxylic acids is 2. The Bertz CT molecular complexity index is 1100. The summed E-state index contributed by atoms with van der Waals surface area (Å²) < 4.78 is 41.0. The molecule has 0 radical (unpaired) electrons. The van der Waals surface area contributed by atoms with Gasteiger partial charge in [0.25, 0.3) is 5.91 Å². The zero-order valence-electron chi connectivity index (χ0n) is 18.9. The minimum atomic E-state index is -3.70. The van der Waals surface area contributed by atoms with E-state index < -0.39 is 10.0 Å². The number of rotatable bonds is 8. The summed E-state index contributed by atoms with van der Waals surface area (Å²) in [6.07, 6.45) is 1.45. The van der Waals surface area contributed by atoms with Crippen molar-refractivity contribution < 1.29 is 22.4 Å². The lowest BCUT2D eigenvalue weighted by Gasteiger charge is -2.31. The number of nitrogens with zero attached hydrogens (tertiary/aromatic N) is 1. The fourth-order valence-electron chi connectivity index (χ4n) is 3.87. The molecule has 3 rings (SSSR count). The van der Waals surface area contributed by atoms with E-state index in [4.69, 9.17) is 0 Å². The second kappa shape index (κ2) is 10.9. The van der Waals surface area contributed by atoms with Crippen molar-refractivity contribution in [3.8, 4) is 0 Å². The summed E-state index contributed by atoms with van der Waals surface area (Å²) in [4.78, 5) is 27.1. The standard InChI is InChI=1S/C24H30FN3O4S/c1-17(2)27-33(31,32)21-8-5-7-20(16-21)24(30)28-14-11-19(12-15-28)23(29)26-13-10-18-6-3-4-9-22(18)25/h3-9,16-17,19,27H,10-15H2,1-2H3,(H,26,29). The SMILES string of the molecule is CC(C)NS(=O)(=O)c1cccc(C(=O)N2CCC(C(=O)NCCc3ccccc3F)CC2)c1. The maximum absolute atomic E-state index is 13.7. The minimum absolute atomic E-state index is 0.0474. The van der Waals surface area contributed by atoms with Crippen LogP contribution in [0.4, 0.5) is 4.39 Å². The predicted octanol–water partition coefficient (Wildman–Crippen LogP) is 2.72. The second-order valence-electron chi connectivity index (χ2n) is 8.50. The largest absolute Gasteiger partial charge is 0.356 e. The Hall–Kier alpha value is -2.78. The molecule has 2 amide bonds. The first-order chi connectivity index (χ1) is 15.7. The molecule has 0 bridgehead atoms. The lowest BCUT2D eigenvalue weighted by molar-refractivity contribution is -0.126. The van der Waals surface area contributed by atoms with E-state index in [0.29, 0.717) is 50.0 Å². The zero-order valence-corrected chi connectivity index (χ0v) is 19.7. The number of hydrogen-bond donors (Lipinski definition) is 2. The molecule has 0 atom stereocenters. The molecule has 7 nitrogen and oxygen atoms in total. The van der Waals surface area contributed by atoms with Gasteiger partial charge in [0.15, 0.2) is 0 Å². The van der Waals surface area contributed by atoms with Crippen LogP contribution in [0.5, 0.6) is 0 Å². The molecule has 0 saturated carbocycles. The van der Waals surface area contributed by atoms with Crippen molar-refractivity contribution >= 4 is 21.8 Å². The van der Waals surface area contributed by atoms with Crippen molar-refractivity contribution in [2.45, 2.75) is 44.0 Å². The fourth-order valence-corrected chi connectivity index (χ4v) is 5.16. The van der Waals surface area contributed by atoms with Gasteiger partial charge in [-0.25, -0.2) is 17.5 Å². The van der Waals surface area contributed by atoms with Gasteiger partial charge in [-0.3, -0.25) is 9.59 Å². The molecule has 0 aromatic heterocycles. The minimum Gasteiger partial charge on any atom is -0.356 e. The molecule has 0 spiro atoms. The Kier molecular flexibility index (Phi) is 8.20. The maximum Gasteiger partial charge on any atom is 0.253 e. The van der Waals surface area contributed by atoms with Crippen LogP contribution in [-0.4, -0.2) is 50.8 Å². The number of benzene rings is 2. The summed E-state index contributed by atoms with van der Waals surface area (Å²) >= 11 is 0. The number of halogens is 1. The van der Waals surface area contributed by atoms with Gasteiger partial charge in [0.05, 0.1) is 4.90 Å². The molecule has 1 aliphatic rings. The summed E-state index contributed by atoms with van der Waals surface area (Å²) in [5, 5.41) is 2.86. The van der Waals surface area contributed by atoms with Crippen molar-refractivity contribution in [3.63, 3.8) is 0 Å². The van der Waals surface area contributed by atoms with E-state index in [1.165, 1.54) is 18.2 Å². The maximum atomic E-state index is 13.7. The molecular weight excluding hydrogens is 445 g/mol. The first-order valence-electron chi connectivity index (χ1n) is 11.1. The lowest BCUT2D eigenvalue weighted by Crippen LogP contribution is -2.43. The molecular formula is C24H30FN3O4S. The Labute approximate surface area is 194 Å². The van der Waals surface area contributed by atoms with Crippen LogP contribution in [0, 0.1) is 11.7 Å². The van der Waals surface area contributed by atoms with Crippen LogP contribution in [0.2, 0.25) is 0 Å². The number of nitrogens with one attached hydrogen (secondary N) is 2. The Morgan fingerprint density at radius 1 is 1.09 bits per heavy atom. The molecule has 2 aromatic rings. The number of carbonyl (C=O) groups is 2. The van der Waals surface area contributed by atoms with Crippen LogP contribution in [0.15, 0.2) is 53.4 Å². The highest BCUT2D eigenvalue weighted by Gasteiger charge is 2.28.